The van der Waals surface area contributed by atoms with Crippen LogP contribution in [0.3, 0.4) is 0 Å². The van der Waals surface area contributed by atoms with Crippen molar-refractivity contribution in [3.63, 3.8) is 0 Å². The molecule has 0 aliphatic carbocycles. The maximum Gasteiger partial charge on any atom is 0.332 e. The third kappa shape index (κ3) is 3.95. The number of aromatic nitrogens is 2. The molecule has 24 heavy (non-hydrogen) atoms. The fraction of sp³-hybridized carbons (Fsp3) is 0.588. The second-order valence-electron chi connectivity index (χ2n) is 7.05. The maximum absolute atomic E-state index is 12.8. The van der Waals surface area contributed by atoms with Crippen molar-refractivity contribution in [2.24, 2.45) is 0 Å². The Bertz CT molecular complexity index is 868. The van der Waals surface area contributed by atoms with Gasteiger partial charge in [0.1, 0.15) is 11.4 Å². The van der Waals surface area contributed by atoms with E-state index in [1.54, 1.807) is 10.6 Å². The number of fused-ring (bicyclic) bond motifs is 1. The topological polar surface area (TPSA) is 73.1 Å². The minimum absolute atomic E-state index is 0.258. The van der Waals surface area contributed by atoms with Crippen LogP contribution < -0.4 is 16.6 Å². The molecular weight excluding hydrogens is 326 g/mol. The Morgan fingerprint density at radius 1 is 1.25 bits per heavy atom. The Hall–Kier alpha value is -1.89. The maximum atomic E-state index is 12.8. The molecular formula is C17H25N3O3S. The molecule has 0 atom stereocenters. The number of nitrogens with one attached hydrogen (secondary N) is 1. The predicted molar refractivity (Wildman–Crippen MR) is 97.9 cm³/mol. The van der Waals surface area contributed by atoms with E-state index < -0.39 is 16.8 Å². The van der Waals surface area contributed by atoms with E-state index in [0.717, 1.165) is 22.3 Å². The quantitative estimate of drug-likeness (QED) is 0.898. The van der Waals surface area contributed by atoms with Crippen LogP contribution in [0.5, 0.6) is 0 Å². The Labute approximate surface area is 145 Å². The molecule has 1 N–H and O–H groups in total. The molecule has 0 aromatic carbocycles. The summed E-state index contributed by atoms with van der Waals surface area (Å²) in [7, 11) is 0. The zero-order valence-corrected chi connectivity index (χ0v) is 15.7. The van der Waals surface area contributed by atoms with E-state index in [1.807, 2.05) is 27.7 Å². The summed E-state index contributed by atoms with van der Waals surface area (Å²) in [6.45, 7) is 9.83. The van der Waals surface area contributed by atoms with Crippen molar-refractivity contribution in [2.45, 2.75) is 66.1 Å². The highest BCUT2D eigenvalue weighted by Gasteiger charge is 2.19. The lowest BCUT2D eigenvalue weighted by molar-refractivity contribution is -0.123. The third-order valence-electron chi connectivity index (χ3n) is 3.57. The lowest BCUT2D eigenvalue weighted by atomic mass is 10.1. The number of unbranched alkanes of at least 4 members (excludes halogenated alkanes) is 1. The summed E-state index contributed by atoms with van der Waals surface area (Å²) in [5.41, 5.74) is -1.21. The minimum atomic E-state index is -0.412. The Morgan fingerprint density at radius 3 is 2.50 bits per heavy atom. The van der Waals surface area contributed by atoms with Gasteiger partial charge in [-0.3, -0.25) is 18.7 Å². The van der Waals surface area contributed by atoms with Crippen LogP contribution in [0.2, 0.25) is 0 Å². The van der Waals surface area contributed by atoms with Crippen LogP contribution in [0.25, 0.3) is 10.2 Å². The molecule has 1 amide bonds. The number of nitrogens with zero attached hydrogens (tertiary/aromatic N) is 2. The van der Waals surface area contributed by atoms with Gasteiger partial charge in [-0.2, -0.15) is 0 Å². The molecule has 0 aliphatic heterocycles. The molecule has 2 aromatic heterocycles. The first-order valence-corrected chi connectivity index (χ1v) is 9.00. The number of aryl methyl sites for hydroxylation is 2. The van der Waals surface area contributed by atoms with Gasteiger partial charge < -0.3 is 5.32 Å². The smallest absolute Gasteiger partial charge is 0.332 e. The van der Waals surface area contributed by atoms with Gasteiger partial charge in [-0.15, -0.1) is 11.3 Å². The van der Waals surface area contributed by atoms with Crippen molar-refractivity contribution in [3.8, 4) is 0 Å². The van der Waals surface area contributed by atoms with E-state index in [2.05, 4.69) is 12.2 Å². The number of carbonyl (C=O) groups excluding carboxylic acids is 1. The first-order chi connectivity index (χ1) is 11.1. The average Bonchev–Trinajstić information content (AvgIpc) is 2.83. The number of rotatable bonds is 5. The second-order valence-corrected chi connectivity index (χ2v) is 8.29. The standard InChI is InChI=1S/C17H25N3O3S/c1-6-7-8-19-15-12(9-11(2)24-15)14(22)20(16(19)23)10-13(21)18-17(3,4)5/h9H,6-8,10H2,1-5H3,(H,18,21). The van der Waals surface area contributed by atoms with Crippen LogP contribution in [-0.2, 0) is 17.9 Å². The van der Waals surface area contributed by atoms with Gasteiger partial charge in [-0.05, 0) is 40.2 Å². The van der Waals surface area contributed by atoms with E-state index >= 15 is 0 Å². The Morgan fingerprint density at radius 2 is 1.92 bits per heavy atom. The van der Waals surface area contributed by atoms with E-state index in [4.69, 9.17) is 0 Å². The summed E-state index contributed by atoms with van der Waals surface area (Å²) in [5.74, 6) is -0.338. The van der Waals surface area contributed by atoms with Gasteiger partial charge >= 0.3 is 5.69 Å². The van der Waals surface area contributed by atoms with Crippen LogP contribution >= 0.6 is 11.3 Å². The largest absolute Gasteiger partial charge is 0.350 e. The summed E-state index contributed by atoms with van der Waals surface area (Å²) in [6, 6.07) is 1.79. The van der Waals surface area contributed by atoms with Crippen LogP contribution in [0.15, 0.2) is 15.7 Å². The molecule has 6 nitrogen and oxygen atoms in total. The summed E-state index contributed by atoms with van der Waals surface area (Å²) >= 11 is 1.44. The molecule has 2 rings (SSSR count). The van der Waals surface area contributed by atoms with Gasteiger partial charge in [0.25, 0.3) is 5.56 Å². The van der Waals surface area contributed by atoms with Crippen molar-refractivity contribution >= 4 is 27.5 Å². The van der Waals surface area contributed by atoms with Crippen LogP contribution in [0, 0.1) is 6.92 Å². The zero-order valence-electron chi connectivity index (χ0n) is 14.9. The summed E-state index contributed by atoms with van der Waals surface area (Å²) in [6.07, 6.45) is 1.79. The molecule has 0 saturated carbocycles. The third-order valence-corrected chi connectivity index (χ3v) is 4.64. The first-order valence-electron chi connectivity index (χ1n) is 8.19. The normalized spacial score (nSPS) is 11.9. The van der Waals surface area contributed by atoms with Crippen molar-refractivity contribution < 1.29 is 4.79 Å². The second kappa shape index (κ2) is 6.93. The van der Waals surface area contributed by atoms with Crippen molar-refractivity contribution in [1.29, 1.82) is 0 Å². The molecule has 0 radical (unpaired) electrons. The van der Waals surface area contributed by atoms with E-state index in [-0.39, 0.29) is 12.5 Å². The molecule has 0 spiro atoms. The summed E-state index contributed by atoms with van der Waals surface area (Å²) < 4.78 is 2.67. The van der Waals surface area contributed by atoms with Crippen LogP contribution in [0.1, 0.15) is 45.4 Å². The Kier molecular flexibility index (Phi) is 5.32. The zero-order chi connectivity index (χ0) is 18.1. The number of hydrogen-bond donors (Lipinski definition) is 1. The SMILES string of the molecule is CCCCn1c(=O)n(CC(=O)NC(C)(C)C)c(=O)c2cc(C)sc21. The predicted octanol–water partition coefficient (Wildman–Crippen LogP) is 2.25. The minimum Gasteiger partial charge on any atom is -0.350 e. The Balaban J connectivity index is 2.55. The van der Waals surface area contributed by atoms with Crippen LogP contribution in [-0.4, -0.2) is 20.6 Å². The lowest BCUT2D eigenvalue weighted by Gasteiger charge is -2.21. The molecule has 2 aromatic rings. The van der Waals surface area contributed by atoms with Gasteiger partial charge in [0.05, 0.1) is 5.39 Å². The highest BCUT2D eigenvalue weighted by molar-refractivity contribution is 7.18. The van der Waals surface area contributed by atoms with E-state index in [9.17, 15) is 14.4 Å². The molecule has 132 valence electrons. The van der Waals surface area contributed by atoms with Gasteiger partial charge in [0.2, 0.25) is 5.91 Å². The highest BCUT2D eigenvalue weighted by Crippen LogP contribution is 2.21. The van der Waals surface area contributed by atoms with Gasteiger partial charge in [0.15, 0.2) is 0 Å². The molecule has 0 unspecified atom stereocenters. The molecule has 2 heterocycles. The number of hydrogen-bond acceptors (Lipinski definition) is 4. The van der Waals surface area contributed by atoms with E-state index in [1.165, 1.54) is 11.3 Å². The fourth-order valence-corrected chi connectivity index (χ4v) is 3.59. The van der Waals surface area contributed by atoms with Gasteiger partial charge in [-0.25, -0.2) is 4.79 Å². The number of amides is 1. The van der Waals surface area contributed by atoms with Crippen molar-refractivity contribution in [2.75, 3.05) is 0 Å². The molecule has 0 aliphatic rings. The average molecular weight is 351 g/mol. The van der Waals surface area contributed by atoms with Gasteiger partial charge in [0, 0.05) is 17.0 Å². The molecule has 0 bridgehead atoms. The summed E-state index contributed by atoms with van der Waals surface area (Å²) in [5, 5.41) is 3.30. The first kappa shape index (κ1) is 18.4. The van der Waals surface area contributed by atoms with E-state index in [0.29, 0.717) is 16.8 Å². The lowest BCUT2D eigenvalue weighted by Crippen LogP contribution is -2.47. The van der Waals surface area contributed by atoms with Gasteiger partial charge in [-0.1, -0.05) is 13.3 Å². The molecule has 0 fully saturated rings. The number of thiophene rings is 1. The van der Waals surface area contributed by atoms with Crippen molar-refractivity contribution in [1.82, 2.24) is 14.5 Å². The highest BCUT2D eigenvalue weighted by atomic mass is 32.1. The van der Waals surface area contributed by atoms with Crippen molar-refractivity contribution in [3.05, 3.63) is 31.8 Å². The summed E-state index contributed by atoms with van der Waals surface area (Å²) in [4.78, 5) is 39.3. The molecule has 0 saturated heterocycles. The fourth-order valence-electron chi connectivity index (χ4n) is 2.57. The van der Waals surface area contributed by atoms with Crippen LogP contribution in [0.4, 0.5) is 0 Å². The molecule has 7 heteroatoms. The monoisotopic (exact) mass is 351 g/mol. The number of carbonyl (C=O) groups is 1.